The van der Waals surface area contributed by atoms with Crippen molar-refractivity contribution in [1.29, 1.82) is 0 Å². The number of rotatable bonds is 5. The summed E-state index contributed by atoms with van der Waals surface area (Å²) < 4.78 is 49.1. The number of hydrogen-bond acceptors (Lipinski definition) is 3. The fraction of sp³-hybridized carbons (Fsp3) is 1.00. The summed E-state index contributed by atoms with van der Waals surface area (Å²) in [5.74, 6) is -2.85. The van der Waals surface area contributed by atoms with E-state index in [-0.39, 0.29) is 6.42 Å². The average molecular weight is 201 g/mol. The summed E-state index contributed by atoms with van der Waals surface area (Å²) in [5.41, 5.74) is 0. The third kappa shape index (κ3) is 5.56. The van der Waals surface area contributed by atoms with E-state index in [1.54, 1.807) is 0 Å². The third-order valence-corrected chi connectivity index (χ3v) is 1.83. The van der Waals surface area contributed by atoms with Crippen LogP contribution in [0.4, 0.5) is 8.78 Å². The highest BCUT2D eigenvalue weighted by molar-refractivity contribution is 7.74. The number of halogens is 2. The van der Waals surface area contributed by atoms with E-state index in [0.717, 1.165) is 0 Å². The van der Waals surface area contributed by atoms with E-state index in [0.29, 0.717) is 0 Å². The standard InChI is InChI=1S/C6H12F2O3S/c1-3-6(7,8)4-5(2)11-12(9)10/h5H,3-4H2,1-2H3,(H,9,10)/p-1. The second-order valence-corrected chi connectivity index (χ2v) is 3.13. The second kappa shape index (κ2) is 4.84. The molecule has 2 unspecified atom stereocenters. The number of alkyl halides is 2. The van der Waals surface area contributed by atoms with Crippen molar-refractivity contribution in [3.8, 4) is 0 Å². The van der Waals surface area contributed by atoms with Gasteiger partial charge in [-0.2, -0.15) is 0 Å². The van der Waals surface area contributed by atoms with Crippen LogP contribution < -0.4 is 0 Å². The van der Waals surface area contributed by atoms with Crippen molar-refractivity contribution >= 4 is 11.4 Å². The lowest BCUT2D eigenvalue weighted by Gasteiger charge is -2.19. The van der Waals surface area contributed by atoms with Crippen LogP contribution in [0.3, 0.4) is 0 Å². The molecule has 6 heteroatoms. The van der Waals surface area contributed by atoms with E-state index in [9.17, 15) is 17.5 Å². The van der Waals surface area contributed by atoms with Gasteiger partial charge in [0, 0.05) is 12.8 Å². The molecule has 0 amide bonds. The van der Waals surface area contributed by atoms with Gasteiger partial charge >= 0.3 is 0 Å². The Labute approximate surface area is 72.6 Å². The van der Waals surface area contributed by atoms with Crippen molar-refractivity contribution in [2.24, 2.45) is 0 Å². The summed E-state index contributed by atoms with van der Waals surface area (Å²) in [6, 6.07) is 0. The SMILES string of the molecule is CCC(F)(F)CC(C)OS(=O)[O-]. The van der Waals surface area contributed by atoms with Crippen LogP contribution in [0.5, 0.6) is 0 Å². The fourth-order valence-corrected chi connectivity index (χ4v) is 1.07. The third-order valence-electron chi connectivity index (χ3n) is 1.35. The van der Waals surface area contributed by atoms with Gasteiger partial charge < -0.3 is 4.55 Å². The molecule has 0 fully saturated rings. The van der Waals surface area contributed by atoms with Crippen LogP contribution in [-0.4, -0.2) is 20.8 Å². The minimum Gasteiger partial charge on any atom is -0.750 e. The molecule has 0 saturated heterocycles. The van der Waals surface area contributed by atoms with Crippen LogP contribution in [0.15, 0.2) is 0 Å². The Balaban J connectivity index is 3.83. The molecule has 0 spiro atoms. The summed E-state index contributed by atoms with van der Waals surface area (Å²) in [6.07, 6.45) is -1.86. The summed E-state index contributed by atoms with van der Waals surface area (Å²) in [4.78, 5) is 0. The van der Waals surface area contributed by atoms with E-state index < -0.39 is 29.8 Å². The van der Waals surface area contributed by atoms with Crippen LogP contribution in [-0.2, 0) is 15.5 Å². The lowest BCUT2D eigenvalue weighted by Crippen LogP contribution is -2.23. The Hall–Kier alpha value is -0.0700. The normalized spacial score (nSPS) is 17.4. The van der Waals surface area contributed by atoms with Crippen LogP contribution >= 0.6 is 0 Å². The zero-order valence-corrected chi connectivity index (χ0v) is 7.70. The summed E-state index contributed by atoms with van der Waals surface area (Å²) in [7, 11) is 0. The molecule has 3 nitrogen and oxygen atoms in total. The maximum atomic E-state index is 12.6. The average Bonchev–Trinajstić information content (AvgIpc) is 1.84. The maximum Gasteiger partial charge on any atom is 0.250 e. The first-order valence-electron chi connectivity index (χ1n) is 3.51. The molecular formula is C6H11F2O3S-. The Morgan fingerprint density at radius 2 is 2.17 bits per heavy atom. The highest BCUT2D eigenvalue weighted by Crippen LogP contribution is 2.25. The highest BCUT2D eigenvalue weighted by atomic mass is 32.2. The molecule has 0 aromatic carbocycles. The van der Waals surface area contributed by atoms with E-state index in [1.807, 2.05) is 0 Å². The van der Waals surface area contributed by atoms with Gasteiger partial charge in [0.1, 0.15) is 0 Å². The largest absolute Gasteiger partial charge is 0.750 e. The minimum absolute atomic E-state index is 0.313. The molecule has 0 rings (SSSR count). The molecule has 0 aromatic heterocycles. The summed E-state index contributed by atoms with van der Waals surface area (Å²) in [5, 5.41) is 0. The maximum absolute atomic E-state index is 12.6. The molecule has 0 heterocycles. The van der Waals surface area contributed by atoms with Crippen LogP contribution in [0.1, 0.15) is 26.7 Å². The van der Waals surface area contributed by atoms with Gasteiger partial charge in [0.2, 0.25) is 5.92 Å². The van der Waals surface area contributed by atoms with Gasteiger partial charge in [-0.05, 0) is 6.92 Å². The topological polar surface area (TPSA) is 49.4 Å². The van der Waals surface area contributed by atoms with Crippen LogP contribution in [0, 0.1) is 0 Å². The smallest absolute Gasteiger partial charge is 0.250 e. The molecule has 0 radical (unpaired) electrons. The van der Waals surface area contributed by atoms with Crippen molar-refractivity contribution in [3.63, 3.8) is 0 Å². The monoisotopic (exact) mass is 201 g/mol. The van der Waals surface area contributed by atoms with Crippen LogP contribution in [0.2, 0.25) is 0 Å². The van der Waals surface area contributed by atoms with Crippen molar-refractivity contribution in [1.82, 2.24) is 0 Å². The first-order chi connectivity index (χ1) is 5.37. The molecule has 74 valence electrons. The van der Waals surface area contributed by atoms with Crippen molar-refractivity contribution in [3.05, 3.63) is 0 Å². The molecule has 0 aromatic rings. The van der Waals surface area contributed by atoms with Gasteiger partial charge in [0.15, 0.2) is 0 Å². The van der Waals surface area contributed by atoms with Gasteiger partial charge in [-0.3, -0.25) is 4.18 Å². The molecule has 0 aliphatic heterocycles. The van der Waals surface area contributed by atoms with Gasteiger partial charge in [-0.25, -0.2) is 13.0 Å². The zero-order valence-electron chi connectivity index (χ0n) is 6.88. The Morgan fingerprint density at radius 3 is 2.50 bits per heavy atom. The predicted octanol–water partition coefficient (Wildman–Crippen LogP) is 1.62. The first kappa shape index (κ1) is 11.9. The Kier molecular flexibility index (Phi) is 4.81. The second-order valence-electron chi connectivity index (χ2n) is 2.52. The van der Waals surface area contributed by atoms with E-state index in [2.05, 4.69) is 4.18 Å². The lowest BCUT2D eigenvalue weighted by atomic mass is 10.1. The molecular weight excluding hydrogens is 190 g/mol. The molecule has 2 atom stereocenters. The van der Waals surface area contributed by atoms with E-state index in [4.69, 9.17) is 0 Å². The molecule has 0 saturated carbocycles. The summed E-state index contributed by atoms with van der Waals surface area (Å²) >= 11 is -2.72. The highest BCUT2D eigenvalue weighted by Gasteiger charge is 2.29. The van der Waals surface area contributed by atoms with E-state index in [1.165, 1.54) is 13.8 Å². The first-order valence-corrected chi connectivity index (χ1v) is 4.51. The zero-order chi connectivity index (χ0) is 9.78. The van der Waals surface area contributed by atoms with Crippen LogP contribution in [0.25, 0.3) is 0 Å². The van der Waals surface area contributed by atoms with Crippen molar-refractivity contribution < 1.29 is 21.7 Å². The fourth-order valence-electron chi connectivity index (χ4n) is 0.733. The van der Waals surface area contributed by atoms with Crippen molar-refractivity contribution in [2.45, 2.75) is 38.7 Å². The Morgan fingerprint density at radius 1 is 1.67 bits per heavy atom. The van der Waals surface area contributed by atoms with Gasteiger partial charge in [0.05, 0.1) is 17.5 Å². The number of hydrogen-bond donors (Lipinski definition) is 0. The van der Waals surface area contributed by atoms with Gasteiger partial charge in [-0.1, -0.05) is 6.92 Å². The molecule has 12 heavy (non-hydrogen) atoms. The minimum atomic E-state index is -2.85. The van der Waals surface area contributed by atoms with Crippen molar-refractivity contribution in [2.75, 3.05) is 0 Å². The van der Waals surface area contributed by atoms with Gasteiger partial charge in [-0.15, -0.1) is 0 Å². The Bertz CT molecular complexity index is 163. The molecule has 0 aliphatic carbocycles. The lowest BCUT2D eigenvalue weighted by molar-refractivity contribution is -0.0371. The quantitative estimate of drug-likeness (QED) is 0.635. The summed E-state index contributed by atoms with van der Waals surface area (Å²) in [6.45, 7) is 2.63. The van der Waals surface area contributed by atoms with Gasteiger partial charge in [0.25, 0.3) is 0 Å². The molecule has 0 aliphatic rings. The molecule has 0 bridgehead atoms. The predicted molar refractivity (Wildman–Crippen MR) is 39.3 cm³/mol. The van der Waals surface area contributed by atoms with E-state index >= 15 is 0 Å². The molecule has 0 N–H and O–H groups in total.